The lowest BCUT2D eigenvalue weighted by Gasteiger charge is -2.41. The van der Waals surface area contributed by atoms with Crippen molar-refractivity contribution in [3.8, 4) is 0 Å². The lowest BCUT2D eigenvalue weighted by atomic mass is 10.0. The number of likely N-dealkylation sites (tertiary alicyclic amines) is 1. The fourth-order valence-electron chi connectivity index (χ4n) is 2.05. The SMILES string of the molecule is CC(C)(O)C(=O)N1CC(NC(=O)OCc2ccccc2)C1. The van der Waals surface area contributed by atoms with Gasteiger partial charge in [0.2, 0.25) is 0 Å². The van der Waals surface area contributed by atoms with Gasteiger partial charge >= 0.3 is 6.09 Å². The van der Waals surface area contributed by atoms with Crippen molar-refractivity contribution in [2.75, 3.05) is 13.1 Å². The monoisotopic (exact) mass is 292 g/mol. The van der Waals surface area contributed by atoms with Gasteiger partial charge < -0.3 is 20.1 Å². The highest BCUT2D eigenvalue weighted by Crippen LogP contribution is 2.15. The van der Waals surface area contributed by atoms with Gasteiger partial charge in [0, 0.05) is 13.1 Å². The molecule has 0 aliphatic carbocycles. The van der Waals surface area contributed by atoms with Gasteiger partial charge in [0.25, 0.3) is 5.91 Å². The van der Waals surface area contributed by atoms with Crippen LogP contribution in [0.3, 0.4) is 0 Å². The lowest BCUT2D eigenvalue weighted by molar-refractivity contribution is -0.152. The first-order valence-corrected chi connectivity index (χ1v) is 6.85. The molecule has 1 heterocycles. The second-order valence-electron chi connectivity index (χ2n) is 5.67. The molecule has 0 radical (unpaired) electrons. The Hall–Kier alpha value is -2.08. The van der Waals surface area contributed by atoms with E-state index < -0.39 is 11.7 Å². The molecule has 1 aromatic rings. The summed E-state index contributed by atoms with van der Waals surface area (Å²) in [5, 5.41) is 12.3. The van der Waals surface area contributed by atoms with Crippen LogP contribution in [0.15, 0.2) is 30.3 Å². The zero-order chi connectivity index (χ0) is 15.5. The summed E-state index contributed by atoms with van der Waals surface area (Å²) in [5.74, 6) is -0.335. The molecule has 0 spiro atoms. The fraction of sp³-hybridized carbons (Fsp3) is 0.467. The number of amides is 2. The number of carbonyl (C=O) groups excluding carboxylic acids is 2. The predicted molar refractivity (Wildman–Crippen MR) is 76.4 cm³/mol. The van der Waals surface area contributed by atoms with Gasteiger partial charge in [-0.05, 0) is 19.4 Å². The second kappa shape index (κ2) is 6.13. The van der Waals surface area contributed by atoms with Crippen LogP contribution in [0.1, 0.15) is 19.4 Å². The molecular formula is C15H20N2O4. The summed E-state index contributed by atoms with van der Waals surface area (Å²) in [5.41, 5.74) is -0.459. The molecule has 1 aliphatic heterocycles. The number of aliphatic hydroxyl groups is 1. The van der Waals surface area contributed by atoms with Crippen molar-refractivity contribution in [2.45, 2.75) is 32.1 Å². The highest BCUT2D eigenvalue weighted by Gasteiger charge is 2.38. The van der Waals surface area contributed by atoms with E-state index in [-0.39, 0.29) is 18.6 Å². The molecule has 2 rings (SSSR count). The van der Waals surface area contributed by atoms with Gasteiger partial charge in [0.05, 0.1) is 6.04 Å². The number of hydrogen-bond acceptors (Lipinski definition) is 4. The van der Waals surface area contributed by atoms with Crippen molar-refractivity contribution in [1.82, 2.24) is 10.2 Å². The third kappa shape index (κ3) is 4.19. The van der Waals surface area contributed by atoms with Gasteiger partial charge in [-0.25, -0.2) is 4.79 Å². The average Bonchev–Trinajstić information content (AvgIpc) is 2.39. The quantitative estimate of drug-likeness (QED) is 0.864. The van der Waals surface area contributed by atoms with Crippen LogP contribution >= 0.6 is 0 Å². The summed E-state index contributed by atoms with van der Waals surface area (Å²) in [6, 6.07) is 9.28. The molecule has 6 heteroatoms. The molecule has 1 saturated heterocycles. The Morgan fingerprint density at radius 1 is 1.33 bits per heavy atom. The van der Waals surface area contributed by atoms with Crippen LogP contribution in [0.2, 0.25) is 0 Å². The molecule has 0 atom stereocenters. The summed E-state index contributed by atoms with van der Waals surface area (Å²) in [6.45, 7) is 3.90. The minimum Gasteiger partial charge on any atom is -0.445 e. The average molecular weight is 292 g/mol. The molecule has 0 saturated carbocycles. The van der Waals surface area contributed by atoms with Crippen LogP contribution < -0.4 is 5.32 Å². The molecule has 114 valence electrons. The first kappa shape index (κ1) is 15.3. The predicted octanol–water partition coefficient (Wildman–Crippen LogP) is 0.894. The van der Waals surface area contributed by atoms with E-state index in [1.54, 1.807) is 0 Å². The maximum atomic E-state index is 11.7. The fourth-order valence-corrected chi connectivity index (χ4v) is 2.05. The first-order chi connectivity index (χ1) is 9.86. The number of hydrogen-bond donors (Lipinski definition) is 2. The Labute approximate surface area is 123 Å². The highest BCUT2D eigenvalue weighted by molar-refractivity contribution is 5.85. The topological polar surface area (TPSA) is 78.9 Å². The molecule has 1 fully saturated rings. The standard InChI is InChI=1S/C15H20N2O4/c1-15(2,20)13(18)17-8-12(9-17)16-14(19)21-10-11-6-4-3-5-7-11/h3-7,12,20H,8-10H2,1-2H3,(H,16,19). The summed E-state index contributed by atoms with van der Waals surface area (Å²) < 4.78 is 5.09. The van der Waals surface area contributed by atoms with Gasteiger partial charge in [-0.2, -0.15) is 0 Å². The largest absolute Gasteiger partial charge is 0.445 e. The third-order valence-corrected chi connectivity index (χ3v) is 3.23. The van der Waals surface area contributed by atoms with Crippen molar-refractivity contribution < 1.29 is 19.4 Å². The van der Waals surface area contributed by atoms with Crippen molar-refractivity contribution in [1.29, 1.82) is 0 Å². The molecule has 21 heavy (non-hydrogen) atoms. The lowest BCUT2D eigenvalue weighted by Crippen LogP contribution is -2.64. The number of carbonyl (C=O) groups is 2. The minimum atomic E-state index is -1.38. The van der Waals surface area contributed by atoms with Crippen LogP contribution in [0.25, 0.3) is 0 Å². The third-order valence-electron chi connectivity index (χ3n) is 3.23. The molecule has 1 aromatic carbocycles. The van der Waals surface area contributed by atoms with E-state index in [0.29, 0.717) is 13.1 Å². The zero-order valence-corrected chi connectivity index (χ0v) is 12.2. The van der Waals surface area contributed by atoms with Crippen LogP contribution in [-0.2, 0) is 16.1 Å². The van der Waals surface area contributed by atoms with E-state index in [4.69, 9.17) is 4.74 Å². The van der Waals surface area contributed by atoms with E-state index in [1.807, 2.05) is 30.3 Å². The van der Waals surface area contributed by atoms with Gasteiger partial charge in [-0.3, -0.25) is 4.79 Å². The second-order valence-corrected chi connectivity index (χ2v) is 5.67. The first-order valence-electron chi connectivity index (χ1n) is 6.85. The van der Waals surface area contributed by atoms with Crippen molar-refractivity contribution in [2.24, 2.45) is 0 Å². The van der Waals surface area contributed by atoms with E-state index >= 15 is 0 Å². The molecule has 2 N–H and O–H groups in total. The molecular weight excluding hydrogens is 272 g/mol. The van der Waals surface area contributed by atoms with E-state index in [0.717, 1.165) is 5.56 Å². The summed E-state index contributed by atoms with van der Waals surface area (Å²) in [7, 11) is 0. The van der Waals surface area contributed by atoms with Gasteiger partial charge in [0.15, 0.2) is 0 Å². The van der Waals surface area contributed by atoms with E-state index in [1.165, 1.54) is 18.7 Å². The number of benzene rings is 1. The highest BCUT2D eigenvalue weighted by atomic mass is 16.5. The zero-order valence-electron chi connectivity index (χ0n) is 12.2. The summed E-state index contributed by atoms with van der Waals surface area (Å²) in [6.07, 6.45) is -0.501. The Balaban J connectivity index is 1.68. The van der Waals surface area contributed by atoms with Gasteiger partial charge in [-0.1, -0.05) is 30.3 Å². The smallest absolute Gasteiger partial charge is 0.407 e. The van der Waals surface area contributed by atoms with Crippen LogP contribution in [0.4, 0.5) is 4.79 Å². The Morgan fingerprint density at radius 2 is 1.95 bits per heavy atom. The van der Waals surface area contributed by atoms with Crippen molar-refractivity contribution >= 4 is 12.0 Å². The summed E-state index contributed by atoms with van der Waals surface area (Å²) >= 11 is 0. The maximum absolute atomic E-state index is 11.7. The van der Waals surface area contributed by atoms with E-state index in [9.17, 15) is 14.7 Å². The van der Waals surface area contributed by atoms with Crippen LogP contribution in [0, 0.1) is 0 Å². The maximum Gasteiger partial charge on any atom is 0.407 e. The van der Waals surface area contributed by atoms with Gasteiger partial charge in [0.1, 0.15) is 12.2 Å². The number of alkyl carbamates (subject to hydrolysis) is 1. The Kier molecular flexibility index (Phi) is 4.47. The van der Waals surface area contributed by atoms with Gasteiger partial charge in [-0.15, -0.1) is 0 Å². The number of rotatable bonds is 4. The number of ether oxygens (including phenoxy) is 1. The molecule has 1 aliphatic rings. The number of nitrogens with one attached hydrogen (secondary N) is 1. The summed E-state index contributed by atoms with van der Waals surface area (Å²) in [4.78, 5) is 24.8. The Morgan fingerprint density at radius 3 is 2.52 bits per heavy atom. The van der Waals surface area contributed by atoms with Crippen LogP contribution in [-0.4, -0.2) is 46.7 Å². The minimum absolute atomic E-state index is 0.125. The van der Waals surface area contributed by atoms with Crippen LogP contribution in [0.5, 0.6) is 0 Å². The van der Waals surface area contributed by atoms with Crippen molar-refractivity contribution in [3.63, 3.8) is 0 Å². The molecule has 0 unspecified atom stereocenters. The normalized spacial score (nSPS) is 15.3. The molecule has 0 bridgehead atoms. The van der Waals surface area contributed by atoms with Crippen molar-refractivity contribution in [3.05, 3.63) is 35.9 Å². The number of nitrogens with zero attached hydrogens (tertiary/aromatic N) is 1. The molecule has 0 aromatic heterocycles. The molecule has 6 nitrogen and oxygen atoms in total. The Bertz CT molecular complexity index is 504. The van der Waals surface area contributed by atoms with E-state index in [2.05, 4.69) is 5.32 Å². The molecule has 2 amide bonds.